The van der Waals surface area contributed by atoms with Gasteiger partial charge in [0.1, 0.15) is 11.9 Å². The molecule has 0 amide bonds. The summed E-state index contributed by atoms with van der Waals surface area (Å²) in [5.41, 5.74) is 4.52. The number of ether oxygens (including phenoxy) is 1. The third-order valence-corrected chi connectivity index (χ3v) is 6.97. The van der Waals surface area contributed by atoms with Gasteiger partial charge in [-0.2, -0.15) is 0 Å². The van der Waals surface area contributed by atoms with Crippen LogP contribution in [0.4, 0.5) is 4.39 Å². The minimum Gasteiger partial charge on any atom is -0.468 e. The van der Waals surface area contributed by atoms with Crippen LogP contribution in [0.5, 0.6) is 0 Å². The van der Waals surface area contributed by atoms with E-state index in [2.05, 4.69) is 41.2 Å². The summed E-state index contributed by atoms with van der Waals surface area (Å²) < 4.78 is 19.0. The van der Waals surface area contributed by atoms with Gasteiger partial charge in [0.05, 0.1) is 13.2 Å². The lowest BCUT2D eigenvalue weighted by Gasteiger charge is -2.51. The quantitative estimate of drug-likeness (QED) is 0.586. The van der Waals surface area contributed by atoms with E-state index >= 15 is 0 Å². The molecule has 2 aromatic carbocycles. The molecule has 0 spiro atoms. The number of rotatable bonds is 4. The second-order valence-corrected chi connectivity index (χ2v) is 9.33. The molecule has 0 bridgehead atoms. The van der Waals surface area contributed by atoms with Crippen molar-refractivity contribution in [2.45, 2.75) is 63.3 Å². The number of aromatic amines is 1. The third kappa shape index (κ3) is 3.61. The maximum Gasteiger partial charge on any atom is 0.323 e. The number of methoxy groups -OCH3 is 1. The number of carbonyl (C=O) groups excluding carboxylic acids is 1. The number of carbonyl (C=O) groups is 1. The number of benzene rings is 2. The molecule has 168 valence electrons. The first kappa shape index (κ1) is 21.2. The van der Waals surface area contributed by atoms with Crippen LogP contribution in [0.25, 0.3) is 10.9 Å². The summed E-state index contributed by atoms with van der Waals surface area (Å²) in [6.45, 7) is 4.32. The molecular formula is C26H30FN3O2. The van der Waals surface area contributed by atoms with Gasteiger partial charge in [0.2, 0.25) is 0 Å². The molecular weight excluding hydrogens is 405 g/mol. The van der Waals surface area contributed by atoms with Gasteiger partial charge in [-0.3, -0.25) is 9.69 Å². The molecule has 3 aromatic rings. The second-order valence-electron chi connectivity index (χ2n) is 9.33. The number of para-hydroxylation sites is 1. The highest BCUT2D eigenvalue weighted by molar-refractivity contribution is 5.87. The number of hydrogen-bond donors (Lipinski definition) is 2. The number of piperidine rings is 1. The zero-order chi connectivity index (χ0) is 22.4. The van der Waals surface area contributed by atoms with Gasteiger partial charge in [-0.05, 0) is 42.2 Å². The highest BCUT2D eigenvalue weighted by Gasteiger charge is 2.48. The van der Waals surface area contributed by atoms with Gasteiger partial charge in [-0.15, -0.1) is 0 Å². The lowest BCUT2D eigenvalue weighted by atomic mass is 9.79. The van der Waals surface area contributed by atoms with E-state index in [1.165, 1.54) is 35.9 Å². The molecule has 1 aromatic heterocycles. The van der Waals surface area contributed by atoms with Gasteiger partial charge in [0.25, 0.3) is 0 Å². The maximum absolute atomic E-state index is 13.7. The Hall–Kier alpha value is -2.70. The van der Waals surface area contributed by atoms with Gasteiger partial charge in [0.15, 0.2) is 0 Å². The number of nitrogens with one attached hydrogen (secondary N) is 2. The van der Waals surface area contributed by atoms with Crippen LogP contribution in [0.2, 0.25) is 0 Å². The van der Waals surface area contributed by atoms with Crippen molar-refractivity contribution in [1.82, 2.24) is 15.2 Å². The summed E-state index contributed by atoms with van der Waals surface area (Å²) in [5.74, 6) is -0.465. The summed E-state index contributed by atoms with van der Waals surface area (Å²) >= 11 is 0. The average Bonchev–Trinajstić information content (AvgIpc) is 3.16. The fourth-order valence-corrected chi connectivity index (χ4v) is 5.76. The van der Waals surface area contributed by atoms with Gasteiger partial charge >= 0.3 is 5.97 Å². The summed E-state index contributed by atoms with van der Waals surface area (Å²) in [5, 5.41) is 4.89. The standard InChI is InChI=1S/C26H30FN3O2/c1-15(2)28-18-12-22(16-8-10-17(27)11-9-16)30-23(13-18)25-20(14-24(30)26(31)32-3)19-6-4-5-7-21(19)29-25/h4-11,15,18,22-24,28-29H,12-14H2,1-3H3. The predicted molar refractivity (Wildman–Crippen MR) is 123 cm³/mol. The Bertz CT molecular complexity index is 1120. The molecule has 0 saturated carbocycles. The van der Waals surface area contributed by atoms with Crippen molar-refractivity contribution in [3.05, 3.63) is 71.2 Å². The molecule has 4 unspecified atom stereocenters. The molecule has 1 saturated heterocycles. The lowest BCUT2D eigenvalue weighted by Crippen LogP contribution is -2.56. The molecule has 32 heavy (non-hydrogen) atoms. The van der Waals surface area contributed by atoms with E-state index in [9.17, 15) is 9.18 Å². The lowest BCUT2D eigenvalue weighted by molar-refractivity contribution is -0.152. The van der Waals surface area contributed by atoms with Crippen LogP contribution < -0.4 is 5.32 Å². The van der Waals surface area contributed by atoms with Crippen LogP contribution in [0, 0.1) is 5.82 Å². The molecule has 3 heterocycles. The number of H-pyrrole nitrogens is 1. The number of nitrogens with zero attached hydrogens (tertiary/aromatic N) is 1. The first-order valence-electron chi connectivity index (χ1n) is 11.4. The fraction of sp³-hybridized carbons (Fsp3) is 0.423. The molecule has 2 aliphatic heterocycles. The van der Waals surface area contributed by atoms with E-state index in [1.54, 1.807) is 0 Å². The molecule has 0 aliphatic carbocycles. The summed E-state index contributed by atoms with van der Waals surface area (Å²) in [4.78, 5) is 19.0. The van der Waals surface area contributed by atoms with Crippen molar-refractivity contribution in [1.29, 1.82) is 0 Å². The topological polar surface area (TPSA) is 57.4 Å². The Morgan fingerprint density at radius 1 is 1.12 bits per heavy atom. The zero-order valence-corrected chi connectivity index (χ0v) is 18.8. The normalized spacial score (nSPS) is 25.5. The average molecular weight is 436 g/mol. The highest BCUT2D eigenvalue weighted by Crippen LogP contribution is 2.48. The third-order valence-electron chi connectivity index (χ3n) is 6.97. The Morgan fingerprint density at radius 3 is 2.56 bits per heavy atom. The summed E-state index contributed by atoms with van der Waals surface area (Å²) in [7, 11) is 1.46. The van der Waals surface area contributed by atoms with Crippen LogP contribution in [-0.4, -0.2) is 41.1 Å². The number of aromatic nitrogens is 1. The molecule has 2 aliphatic rings. The Morgan fingerprint density at radius 2 is 1.84 bits per heavy atom. The monoisotopic (exact) mass is 435 g/mol. The summed E-state index contributed by atoms with van der Waals surface area (Å²) in [6, 6.07) is 15.3. The van der Waals surface area contributed by atoms with Crippen molar-refractivity contribution in [2.24, 2.45) is 0 Å². The van der Waals surface area contributed by atoms with Gasteiger partial charge in [0, 0.05) is 41.1 Å². The number of hydrogen-bond acceptors (Lipinski definition) is 4. The van der Waals surface area contributed by atoms with Crippen molar-refractivity contribution in [3.8, 4) is 0 Å². The fourth-order valence-electron chi connectivity index (χ4n) is 5.76. The summed E-state index contributed by atoms with van der Waals surface area (Å²) in [6.07, 6.45) is 2.34. The van der Waals surface area contributed by atoms with Crippen LogP contribution in [0.15, 0.2) is 48.5 Å². The Kier molecular flexibility index (Phi) is 5.51. The van der Waals surface area contributed by atoms with Crippen LogP contribution in [-0.2, 0) is 16.0 Å². The molecule has 5 rings (SSSR count). The largest absolute Gasteiger partial charge is 0.468 e. The van der Waals surface area contributed by atoms with Crippen LogP contribution in [0.1, 0.15) is 55.6 Å². The van der Waals surface area contributed by atoms with E-state index in [4.69, 9.17) is 4.74 Å². The van der Waals surface area contributed by atoms with E-state index in [0.29, 0.717) is 12.5 Å². The van der Waals surface area contributed by atoms with Crippen LogP contribution in [0.3, 0.4) is 0 Å². The zero-order valence-electron chi connectivity index (χ0n) is 18.8. The minimum absolute atomic E-state index is 0.0192. The van der Waals surface area contributed by atoms with E-state index < -0.39 is 0 Å². The highest BCUT2D eigenvalue weighted by atomic mass is 19.1. The van der Waals surface area contributed by atoms with Crippen molar-refractivity contribution < 1.29 is 13.9 Å². The maximum atomic E-state index is 13.7. The van der Waals surface area contributed by atoms with Crippen molar-refractivity contribution in [2.75, 3.05) is 7.11 Å². The van der Waals surface area contributed by atoms with Crippen molar-refractivity contribution in [3.63, 3.8) is 0 Å². The molecule has 0 radical (unpaired) electrons. The molecule has 5 nitrogen and oxygen atoms in total. The van der Waals surface area contributed by atoms with Gasteiger partial charge in [-0.1, -0.05) is 44.2 Å². The van der Waals surface area contributed by atoms with Gasteiger partial charge < -0.3 is 15.0 Å². The number of esters is 1. The van der Waals surface area contributed by atoms with E-state index in [-0.39, 0.29) is 36.0 Å². The smallest absolute Gasteiger partial charge is 0.323 e. The SMILES string of the molecule is COC(=O)C1Cc2c([nH]c3ccccc23)C2CC(NC(C)C)CC(c3ccc(F)cc3)N12. The Labute approximate surface area is 187 Å². The molecule has 6 heteroatoms. The first-order valence-corrected chi connectivity index (χ1v) is 11.4. The van der Waals surface area contributed by atoms with Crippen LogP contribution >= 0.6 is 0 Å². The Balaban J connectivity index is 1.66. The first-order chi connectivity index (χ1) is 15.5. The molecule has 4 atom stereocenters. The van der Waals surface area contributed by atoms with Gasteiger partial charge in [-0.25, -0.2) is 4.39 Å². The van der Waals surface area contributed by atoms with E-state index in [0.717, 1.165) is 23.9 Å². The predicted octanol–water partition coefficient (Wildman–Crippen LogP) is 4.65. The second kappa shape index (κ2) is 8.34. The minimum atomic E-state index is -0.383. The van der Waals surface area contributed by atoms with Crippen molar-refractivity contribution >= 4 is 16.9 Å². The number of halogens is 1. The van der Waals surface area contributed by atoms with E-state index in [1.807, 2.05) is 24.3 Å². The molecule has 2 N–H and O–H groups in total. The number of fused-ring (bicyclic) bond motifs is 5. The molecule has 1 fully saturated rings.